The van der Waals surface area contributed by atoms with E-state index in [2.05, 4.69) is 15.5 Å². The zero-order valence-corrected chi connectivity index (χ0v) is 22.0. The first-order valence-corrected chi connectivity index (χ1v) is 13.8. The fourth-order valence-corrected chi connectivity index (χ4v) is 7.11. The molecule has 214 valence electrons. The first-order chi connectivity index (χ1) is 18.9. The minimum atomic E-state index is -4.46. The number of nitrogen functional groups attached to an aromatic ring is 1. The lowest BCUT2D eigenvalue weighted by Crippen LogP contribution is -2.58. The molecule has 2 fully saturated rings. The molecule has 0 bridgehead atoms. The van der Waals surface area contributed by atoms with Crippen LogP contribution >= 0.6 is 0 Å². The number of halogens is 3. The van der Waals surface area contributed by atoms with Gasteiger partial charge in [0.05, 0.1) is 12.1 Å². The number of carboxylic acid groups (broad SMARTS) is 1. The van der Waals surface area contributed by atoms with Gasteiger partial charge in [-0.15, -0.1) is 0 Å². The average molecular weight is 581 g/mol. The second-order valence-corrected chi connectivity index (χ2v) is 11.5. The van der Waals surface area contributed by atoms with Crippen LogP contribution < -0.4 is 10.6 Å². The summed E-state index contributed by atoms with van der Waals surface area (Å²) in [6.07, 6.45) is -4.37. The highest BCUT2D eigenvalue weighted by atomic mass is 32.2. The fraction of sp³-hybridized carbons (Fsp3) is 0.417. The molecule has 0 radical (unpaired) electrons. The Morgan fingerprint density at radius 1 is 1.07 bits per heavy atom. The average Bonchev–Trinajstić information content (AvgIpc) is 3.56. The Morgan fingerprint density at radius 3 is 2.27 bits per heavy atom. The number of benzene rings is 2. The van der Waals surface area contributed by atoms with Gasteiger partial charge in [-0.05, 0) is 46.7 Å². The van der Waals surface area contributed by atoms with E-state index in [1.807, 2.05) is 0 Å². The molecule has 3 N–H and O–H groups in total. The Morgan fingerprint density at radius 2 is 1.73 bits per heavy atom. The van der Waals surface area contributed by atoms with Crippen molar-refractivity contribution < 1.29 is 31.5 Å². The van der Waals surface area contributed by atoms with Crippen LogP contribution in [0.3, 0.4) is 0 Å². The number of alkyl halides is 3. The second kappa shape index (κ2) is 10.3. The SMILES string of the molecule is Nc1nnnn1CCN(C1(C(=O)O)CC1c1ccccc1)S(=O)(=O)N1CCN(c2ccc(C(F)(F)F)cc2)CC1. The van der Waals surface area contributed by atoms with Gasteiger partial charge in [0.1, 0.15) is 5.54 Å². The molecule has 5 rings (SSSR count). The van der Waals surface area contributed by atoms with Crippen molar-refractivity contribution in [1.82, 2.24) is 28.8 Å². The van der Waals surface area contributed by atoms with Crippen LogP contribution in [0.2, 0.25) is 0 Å². The van der Waals surface area contributed by atoms with Crippen molar-refractivity contribution in [3.63, 3.8) is 0 Å². The van der Waals surface area contributed by atoms with Gasteiger partial charge < -0.3 is 15.7 Å². The number of anilines is 2. The first kappa shape index (κ1) is 27.8. The smallest absolute Gasteiger partial charge is 0.416 e. The topological polar surface area (TPSA) is 151 Å². The maximum Gasteiger partial charge on any atom is 0.416 e. The van der Waals surface area contributed by atoms with E-state index in [1.165, 1.54) is 21.1 Å². The summed E-state index contributed by atoms with van der Waals surface area (Å²) in [5, 5.41) is 21.2. The standard InChI is InChI=1S/C24H27F3N8O4S/c25-24(26,27)18-6-8-19(9-7-18)32-10-12-33(13-11-32)40(38,39)35(15-14-34-22(28)29-30-31-34)23(21(36)37)16-20(23)17-4-2-1-3-5-17/h1-9,20H,10-16H2,(H,36,37)(H2,28,29,31). The summed E-state index contributed by atoms with van der Waals surface area (Å²) < 4.78 is 70.3. The van der Waals surface area contributed by atoms with Crippen LogP contribution in [0.1, 0.15) is 23.5 Å². The van der Waals surface area contributed by atoms with E-state index in [0.717, 1.165) is 16.4 Å². The number of carbonyl (C=O) groups is 1. The summed E-state index contributed by atoms with van der Waals surface area (Å²) in [5.74, 6) is -1.87. The lowest BCUT2D eigenvalue weighted by Gasteiger charge is -2.39. The Labute approximate surface area is 227 Å². The van der Waals surface area contributed by atoms with Crippen LogP contribution in [0, 0.1) is 0 Å². The zero-order chi connectivity index (χ0) is 28.7. The summed E-state index contributed by atoms with van der Waals surface area (Å²) in [7, 11) is -4.32. The van der Waals surface area contributed by atoms with Crippen LogP contribution in [-0.4, -0.2) is 86.6 Å². The number of piperazine rings is 1. The highest BCUT2D eigenvalue weighted by Crippen LogP contribution is 2.57. The predicted octanol–water partition coefficient (Wildman–Crippen LogP) is 1.65. The minimum Gasteiger partial charge on any atom is -0.480 e. The molecule has 3 aromatic rings. The molecule has 40 heavy (non-hydrogen) atoms. The lowest BCUT2D eigenvalue weighted by molar-refractivity contribution is -0.143. The number of hydrogen-bond acceptors (Lipinski definition) is 8. The fourth-order valence-electron chi connectivity index (χ4n) is 5.20. The summed E-state index contributed by atoms with van der Waals surface area (Å²) in [6.45, 7) is 0.130. The maximum atomic E-state index is 14.0. The summed E-state index contributed by atoms with van der Waals surface area (Å²) in [5.41, 5.74) is 4.50. The molecule has 1 saturated carbocycles. The van der Waals surface area contributed by atoms with E-state index in [0.29, 0.717) is 11.3 Å². The monoisotopic (exact) mass is 580 g/mol. The van der Waals surface area contributed by atoms with E-state index in [-0.39, 0.29) is 51.6 Å². The van der Waals surface area contributed by atoms with Crippen LogP contribution in [0.25, 0.3) is 0 Å². The number of carboxylic acids is 1. The zero-order valence-electron chi connectivity index (χ0n) is 21.1. The van der Waals surface area contributed by atoms with Crippen molar-refractivity contribution in [2.75, 3.05) is 43.4 Å². The number of aromatic nitrogens is 4. The molecule has 1 aliphatic carbocycles. The number of tetrazole rings is 1. The summed E-state index contributed by atoms with van der Waals surface area (Å²) in [4.78, 5) is 14.5. The largest absolute Gasteiger partial charge is 0.480 e. The molecule has 12 nitrogen and oxygen atoms in total. The Hall–Kier alpha value is -3.76. The minimum absolute atomic E-state index is 0.0125. The summed E-state index contributed by atoms with van der Waals surface area (Å²) >= 11 is 0. The second-order valence-electron chi connectivity index (χ2n) is 9.67. The van der Waals surface area contributed by atoms with Gasteiger partial charge in [-0.2, -0.15) is 30.2 Å². The number of nitrogens with two attached hydrogens (primary N) is 1. The van der Waals surface area contributed by atoms with E-state index < -0.39 is 39.4 Å². The van der Waals surface area contributed by atoms with Crippen molar-refractivity contribution >= 4 is 27.8 Å². The Balaban J connectivity index is 1.38. The number of rotatable bonds is 9. The highest BCUT2D eigenvalue weighted by Gasteiger charge is 2.68. The van der Waals surface area contributed by atoms with Gasteiger partial charge in [0.2, 0.25) is 5.95 Å². The molecule has 2 aromatic carbocycles. The normalized spacial score (nSPS) is 22.0. The van der Waals surface area contributed by atoms with Crippen molar-refractivity contribution in [1.29, 1.82) is 0 Å². The van der Waals surface area contributed by atoms with Crippen molar-refractivity contribution in [3.05, 3.63) is 65.7 Å². The van der Waals surface area contributed by atoms with Gasteiger partial charge in [-0.25, -0.2) is 4.68 Å². The van der Waals surface area contributed by atoms with Gasteiger partial charge in [-0.3, -0.25) is 4.79 Å². The van der Waals surface area contributed by atoms with Gasteiger partial charge >= 0.3 is 12.1 Å². The molecule has 2 heterocycles. The van der Waals surface area contributed by atoms with E-state index in [4.69, 9.17) is 5.73 Å². The molecule has 2 atom stereocenters. The van der Waals surface area contributed by atoms with Crippen molar-refractivity contribution in [2.45, 2.75) is 30.6 Å². The quantitative estimate of drug-likeness (QED) is 0.385. The molecular formula is C24H27F3N8O4S. The number of nitrogens with zero attached hydrogens (tertiary/aromatic N) is 7. The lowest BCUT2D eigenvalue weighted by atomic mass is 10.1. The van der Waals surface area contributed by atoms with Crippen LogP contribution in [0.5, 0.6) is 0 Å². The van der Waals surface area contributed by atoms with Gasteiger partial charge in [0, 0.05) is 44.3 Å². The first-order valence-electron chi connectivity index (χ1n) is 12.4. The molecule has 0 spiro atoms. The third-order valence-electron chi connectivity index (χ3n) is 7.43. The van der Waals surface area contributed by atoms with E-state index in [1.54, 1.807) is 35.2 Å². The predicted molar refractivity (Wildman–Crippen MR) is 137 cm³/mol. The van der Waals surface area contributed by atoms with Crippen molar-refractivity contribution in [3.8, 4) is 0 Å². The number of aliphatic carboxylic acids is 1. The molecule has 2 aliphatic rings. The highest BCUT2D eigenvalue weighted by molar-refractivity contribution is 7.86. The molecule has 0 amide bonds. The van der Waals surface area contributed by atoms with Gasteiger partial charge in [0.25, 0.3) is 10.2 Å². The van der Waals surface area contributed by atoms with Crippen LogP contribution in [-0.2, 0) is 27.7 Å². The van der Waals surface area contributed by atoms with Crippen LogP contribution in [0.15, 0.2) is 54.6 Å². The molecule has 1 saturated heterocycles. The maximum absolute atomic E-state index is 14.0. The van der Waals surface area contributed by atoms with Crippen LogP contribution in [0.4, 0.5) is 24.8 Å². The van der Waals surface area contributed by atoms with Gasteiger partial charge in [-0.1, -0.05) is 35.4 Å². The van der Waals surface area contributed by atoms with E-state index in [9.17, 15) is 31.5 Å². The molecule has 16 heteroatoms. The molecule has 1 aliphatic heterocycles. The third-order valence-corrected chi connectivity index (χ3v) is 9.51. The molecule has 1 aromatic heterocycles. The number of hydrogen-bond donors (Lipinski definition) is 2. The Kier molecular flexibility index (Phi) is 7.18. The van der Waals surface area contributed by atoms with Crippen molar-refractivity contribution in [2.24, 2.45) is 0 Å². The third kappa shape index (κ3) is 5.09. The molecular weight excluding hydrogens is 553 g/mol. The Bertz CT molecular complexity index is 1460. The van der Waals surface area contributed by atoms with E-state index >= 15 is 0 Å². The summed E-state index contributed by atoms with van der Waals surface area (Å²) in [6, 6.07) is 13.5. The molecule has 2 unspecified atom stereocenters. The van der Waals surface area contributed by atoms with Gasteiger partial charge in [0.15, 0.2) is 0 Å².